The number of methoxy groups -OCH3 is 1. The Hall–Kier alpha value is -0.613. The Balaban J connectivity index is 2.72. The van der Waals surface area contributed by atoms with Crippen molar-refractivity contribution in [3.05, 3.63) is 11.8 Å². The average molecular weight is 284 g/mol. The Labute approximate surface area is 118 Å². The fourth-order valence-corrected chi connectivity index (χ4v) is 3.13. The number of carbonyl (C=O) groups excluding carboxylic acids is 1. The van der Waals surface area contributed by atoms with Crippen molar-refractivity contribution in [2.45, 2.75) is 58.7 Å². The quantitative estimate of drug-likeness (QED) is 0.734. The molecule has 0 aromatic heterocycles. The predicted molar refractivity (Wildman–Crippen MR) is 80.6 cm³/mol. The summed E-state index contributed by atoms with van der Waals surface area (Å²) in [6.45, 7) is 13.9. The fraction of sp³-hybridized carbons (Fsp3) is 0.800. The van der Waals surface area contributed by atoms with Crippen molar-refractivity contribution in [1.82, 2.24) is 0 Å². The first-order chi connectivity index (χ1) is 8.49. The van der Waals surface area contributed by atoms with E-state index >= 15 is 0 Å². The van der Waals surface area contributed by atoms with E-state index in [1.165, 1.54) is 0 Å². The van der Waals surface area contributed by atoms with E-state index in [0.717, 1.165) is 12.2 Å². The summed E-state index contributed by atoms with van der Waals surface area (Å²) in [5.74, 6) is 0.919. The van der Waals surface area contributed by atoms with Gasteiger partial charge in [-0.1, -0.05) is 27.7 Å². The van der Waals surface area contributed by atoms with Gasteiger partial charge in [0.2, 0.25) is 0 Å². The number of ether oxygens (including phenoxy) is 1. The monoisotopic (exact) mass is 284 g/mol. The minimum Gasteiger partial charge on any atom is -0.501 e. The smallest absolute Gasteiger partial charge is 0.192 e. The average Bonchev–Trinajstić information content (AvgIpc) is 2.24. The lowest BCUT2D eigenvalue weighted by molar-refractivity contribution is -0.118. The summed E-state index contributed by atoms with van der Waals surface area (Å²) < 4.78 is 11.5. The molecule has 0 radical (unpaired) electrons. The van der Waals surface area contributed by atoms with Crippen LogP contribution >= 0.6 is 0 Å². The molecule has 0 spiro atoms. The molecule has 0 unspecified atom stereocenters. The van der Waals surface area contributed by atoms with Gasteiger partial charge in [0.05, 0.1) is 12.9 Å². The van der Waals surface area contributed by atoms with Crippen molar-refractivity contribution >= 4 is 14.1 Å². The summed E-state index contributed by atoms with van der Waals surface area (Å²) in [5.41, 5.74) is -0.132. The largest absolute Gasteiger partial charge is 0.501 e. The molecule has 1 atom stereocenters. The lowest BCUT2D eigenvalue weighted by Gasteiger charge is -2.40. The molecule has 0 amide bonds. The molecule has 19 heavy (non-hydrogen) atoms. The molecule has 0 aromatic rings. The maximum atomic E-state index is 11.8. The first-order valence-corrected chi connectivity index (χ1v) is 9.81. The van der Waals surface area contributed by atoms with Gasteiger partial charge in [-0.2, -0.15) is 0 Å². The summed E-state index contributed by atoms with van der Waals surface area (Å²) >= 11 is 0. The van der Waals surface area contributed by atoms with E-state index in [2.05, 4.69) is 40.8 Å². The number of carbonyl (C=O) groups is 1. The number of hydrogen-bond donors (Lipinski definition) is 0. The lowest BCUT2D eigenvalue weighted by Crippen LogP contribution is -2.44. The zero-order valence-corrected chi connectivity index (χ0v) is 14.4. The standard InChI is InChI=1S/C15H28O3Si/c1-14(2,3)19(6,7)18-11-15(4)9-12(16)8-13(10-15)17-5/h8H,9-11H2,1-7H3/t15-/m1/s1. The molecule has 0 saturated heterocycles. The molecule has 0 N–H and O–H groups in total. The third-order valence-electron chi connectivity index (χ3n) is 4.37. The van der Waals surface area contributed by atoms with Gasteiger partial charge < -0.3 is 9.16 Å². The van der Waals surface area contributed by atoms with Crippen LogP contribution in [0.1, 0.15) is 40.5 Å². The molecule has 1 aliphatic rings. The fourth-order valence-electron chi connectivity index (χ4n) is 1.99. The van der Waals surface area contributed by atoms with Gasteiger partial charge in [0.15, 0.2) is 14.1 Å². The van der Waals surface area contributed by atoms with Crippen LogP contribution in [0.2, 0.25) is 18.1 Å². The van der Waals surface area contributed by atoms with Crippen molar-refractivity contribution in [1.29, 1.82) is 0 Å². The lowest BCUT2D eigenvalue weighted by atomic mass is 9.78. The number of ketones is 1. The highest BCUT2D eigenvalue weighted by molar-refractivity contribution is 6.74. The molecule has 0 bridgehead atoms. The van der Waals surface area contributed by atoms with Gasteiger partial charge in [0.1, 0.15) is 0 Å². The Morgan fingerprint density at radius 2 is 1.89 bits per heavy atom. The minimum absolute atomic E-state index is 0.132. The van der Waals surface area contributed by atoms with Crippen LogP contribution in [-0.2, 0) is 14.0 Å². The van der Waals surface area contributed by atoms with Crippen LogP contribution in [0, 0.1) is 5.41 Å². The normalized spacial score (nSPS) is 25.2. The maximum absolute atomic E-state index is 11.8. The highest BCUT2D eigenvalue weighted by Crippen LogP contribution is 2.40. The van der Waals surface area contributed by atoms with Gasteiger partial charge in [-0.05, 0) is 18.1 Å². The van der Waals surface area contributed by atoms with Crippen LogP contribution in [0.4, 0.5) is 0 Å². The van der Waals surface area contributed by atoms with Crippen LogP contribution < -0.4 is 0 Å². The number of allylic oxidation sites excluding steroid dienone is 2. The Bertz CT molecular complexity index is 379. The van der Waals surface area contributed by atoms with Crippen molar-refractivity contribution in [2.24, 2.45) is 5.41 Å². The van der Waals surface area contributed by atoms with Gasteiger partial charge in [-0.3, -0.25) is 4.79 Å². The van der Waals surface area contributed by atoms with E-state index in [-0.39, 0.29) is 16.2 Å². The first kappa shape index (κ1) is 16.4. The molecule has 0 saturated carbocycles. The van der Waals surface area contributed by atoms with E-state index < -0.39 is 8.32 Å². The SMILES string of the molecule is COC1=CC(=O)C[C@@](C)(CO[Si](C)(C)C(C)(C)C)C1. The second-order valence-corrected chi connectivity index (χ2v) is 12.3. The minimum atomic E-state index is -1.76. The van der Waals surface area contributed by atoms with E-state index in [9.17, 15) is 4.79 Å². The highest BCUT2D eigenvalue weighted by atomic mass is 28.4. The number of rotatable bonds is 4. The molecule has 1 rings (SSSR count). The molecular weight excluding hydrogens is 256 g/mol. The zero-order chi connectivity index (χ0) is 14.9. The summed E-state index contributed by atoms with van der Waals surface area (Å²) in [7, 11) is -0.137. The first-order valence-electron chi connectivity index (χ1n) is 6.90. The second kappa shape index (κ2) is 5.41. The van der Waals surface area contributed by atoms with Crippen LogP contribution in [0.15, 0.2) is 11.8 Å². The topological polar surface area (TPSA) is 35.5 Å². The van der Waals surface area contributed by atoms with Crippen LogP contribution in [0.5, 0.6) is 0 Å². The summed E-state index contributed by atoms with van der Waals surface area (Å²) in [6.07, 6.45) is 2.95. The van der Waals surface area contributed by atoms with Crippen molar-refractivity contribution < 1.29 is 14.0 Å². The van der Waals surface area contributed by atoms with Crippen molar-refractivity contribution in [2.75, 3.05) is 13.7 Å². The van der Waals surface area contributed by atoms with Gasteiger partial charge in [0.25, 0.3) is 0 Å². The van der Waals surface area contributed by atoms with Crippen molar-refractivity contribution in [3.63, 3.8) is 0 Å². The molecule has 4 heteroatoms. The van der Waals surface area contributed by atoms with Crippen molar-refractivity contribution in [3.8, 4) is 0 Å². The molecule has 110 valence electrons. The molecule has 0 aliphatic heterocycles. The molecular formula is C15H28O3Si. The highest BCUT2D eigenvalue weighted by Gasteiger charge is 2.40. The van der Waals surface area contributed by atoms with Gasteiger partial charge in [-0.25, -0.2) is 0 Å². The maximum Gasteiger partial charge on any atom is 0.192 e. The molecule has 3 nitrogen and oxygen atoms in total. The van der Waals surface area contributed by atoms with Gasteiger partial charge >= 0.3 is 0 Å². The molecule has 0 heterocycles. The Morgan fingerprint density at radius 3 is 2.37 bits per heavy atom. The molecule has 1 aliphatic carbocycles. The Morgan fingerprint density at radius 1 is 1.32 bits per heavy atom. The second-order valence-electron chi connectivity index (χ2n) is 7.49. The van der Waals surface area contributed by atoms with E-state index in [1.807, 2.05) is 0 Å². The number of hydrogen-bond acceptors (Lipinski definition) is 3. The predicted octanol–water partition coefficient (Wildman–Crippen LogP) is 3.91. The zero-order valence-electron chi connectivity index (χ0n) is 13.4. The third kappa shape index (κ3) is 4.18. The Kier molecular flexibility index (Phi) is 4.68. The van der Waals surface area contributed by atoms with Gasteiger partial charge in [0, 0.05) is 30.9 Å². The van der Waals surface area contributed by atoms with Crippen LogP contribution in [0.3, 0.4) is 0 Å². The molecule has 0 fully saturated rings. The summed E-state index contributed by atoms with van der Waals surface area (Å²) in [6, 6.07) is 0. The van der Waals surface area contributed by atoms with Crippen LogP contribution in [0.25, 0.3) is 0 Å². The van der Waals surface area contributed by atoms with Gasteiger partial charge in [-0.15, -0.1) is 0 Å². The molecule has 0 aromatic carbocycles. The van der Waals surface area contributed by atoms with E-state index in [0.29, 0.717) is 13.0 Å². The summed E-state index contributed by atoms with van der Waals surface area (Å²) in [5, 5.41) is 0.196. The third-order valence-corrected chi connectivity index (χ3v) is 8.85. The summed E-state index contributed by atoms with van der Waals surface area (Å²) in [4.78, 5) is 11.8. The van der Waals surface area contributed by atoms with E-state index in [1.54, 1.807) is 13.2 Å². The van der Waals surface area contributed by atoms with E-state index in [4.69, 9.17) is 9.16 Å². The van der Waals surface area contributed by atoms with Crippen LogP contribution in [-0.4, -0.2) is 27.8 Å².